The molecule has 2 unspecified atom stereocenters. The summed E-state index contributed by atoms with van der Waals surface area (Å²) in [5.74, 6) is -0.561. The number of sulfone groups is 1. The molecule has 28 heavy (non-hydrogen) atoms. The lowest BCUT2D eigenvalue weighted by atomic mass is 10.2. The van der Waals surface area contributed by atoms with Crippen LogP contribution < -0.4 is 10.6 Å². The first-order chi connectivity index (χ1) is 13.3. The Morgan fingerprint density at radius 2 is 2.04 bits per heavy atom. The number of aromatic hydroxyl groups is 1. The number of phenolic OH excluding ortho intramolecular Hbond substituents is 1. The van der Waals surface area contributed by atoms with Crippen LogP contribution in [-0.4, -0.2) is 35.6 Å². The van der Waals surface area contributed by atoms with Crippen molar-refractivity contribution < 1.29 is 18.3 Å². The van der Waals surface area contributed by atoms with Crippen molar-refractivity contribution in [3.63, 3.8) is 0 Å². The van der Waals surface area contributed by atoms with E-state index in [1.54, 1.807) is 6.07 Å². The quantitative estimate of drug-likeness (QED) is 0.502. The zero-order valence-corrected chi connectivity index (χ0v) is 16.5. The Morgan fingerprint density at radius 3 is 2.68 bits per heavy atom. The molecule has 2 aromatic rings. The van der Waals surface area contributed by atoms with E-state index in [2.05, 4.69) is 20.6 Å². The highest BCUT2D eigenvalue weighted by Gasteiger charge is 2.33. The molecule has 2 atom stereocenters. The summed E-state index contributed by atoms with van der Waals surface area (Å²) in [4.78, 5) is 19.6. The number of halogens is 1. The van der Waals surface area contributed by atoms with Crippen LogP contribution in [0.1, 0.15) is 30.8 Å². The van der Waals surface area contributed by atoms with E-state index in [0.717, 1.165) is 12.8 Å². The number of carbonyl (C=O) groups is 1. The fraction of sp³-hybridized carbons (Fsp3) is 0.278. The monoisotopic (exact) mass is 422 g/mol. The number of nitrogens with zero attached hydrogens (tertiary/aromatic N) is 2. The fourth-order valence-electron chi connectivity index (χ4n) is 2.83. The van der Waals surface area contributed by atoms with Gasteiger partial charge in [0.15, 0.2) is 15.6 Å². The minimum atomic E-state index is -4.12. The van der Waals surface area contributed by atoms with Gasteiger partial charge in [-0.2, -0.15) is 0 Å². The molecule has 1 aliphatic rings. The van der Waals surface area contributed by atoms with Crippen LogP contribution in [0.5, 0.6) is 5.75 Å². The zero-order valence-electron chi connectivity index (χ0n) is 15.0. The summed E-state index contributed by atoms with van der Waals surface area (Å²) in [6.07, 6.45) is 8.35. The summed E-state index contributed by atoms with van der Waals surface area (Å²) >= 11 is 6.07. The van der Waals surface area contributed by atoms with Gasteiger partial charge in [0.1, 0.15) is 16.0 Å². The van der Waals surface area contributed by atoms with Crippen LogP contribution in [0.3, 0.4) is 0 Å². The second kappa shape index (κ2) is 8.15. The minimum absolute atomic E-state index is 0.0661. The molecule has 1 aromatic carbocycles. The number of aromatic nitrogens is 2. The highest BCUT2D eigenvalue weighted by atomic mass is 35.5. The predicted octanol–water partition coefficient (Wildman–Crippen LogP) is 3.21. The molecule has 8 nitrogen and oxygen atoms in total. The first-order valence-corrected chi connectivity index (χ1v) is 10.5. The van der Waals surface area contributed by atoms with Gasteiger partial charge in [0.2, 0.25) is 0 Å². The molecular formula is C18H19ClN4O4S. The third kappa shape index (κ3) is 4.10. The molecule has 148 valence electrons. The van der Waals surface area contributed by atoms with Gasteiger partial charge in [-0.1, -0.05) is 23.8 Å². The van der Waals surface area contributed by atoms with Crippen LogP contribution in [0.4, 0.5) is 10.5 Å². The predicted molar refractivity (Wildman–Crippen MR) is 105 cm³/mol. The Morgan fingerprint density at radius 1 is 1.32 bits per heavy atom. The normalized spacial score (nSPS) is 17.3. The van der Waals surface area contributed by atoms with E-state index in [9.17, 15) is 18.3 Å². The molecule has 3 rings (SSSR count). The van der Waals surface area contributed by atoms with Gasteiger partial charge in [0.25, 0.3) is 0 Å². The molecule has 0 fully saturated rings. The largest absolute Gasteiger partial charge is 0.504 e. The minimum Gasteiger partial charge on any atom is -0.504 e. The Hall–Kier alpha value is -2.65. The molecule has 1 aromatic heterocycles. The molecule has 10 heteroatoms. The van der Waals surface area contributed by atoms with Crippen molar-refractivity contribution in [3.05, 3.63) is 53.6 Å². The molecule has 0 spiro atoms. The molecular weight excluding hydrogens is 404 g/mol. The van der Waals surface area contributed by atoms with Crippen molar-refractivity contribution in [1.29, 1.82) is 0 Å². The van der Waals surface area contributed by atoms with Crippen molar-refractivity contribution in [2.24, 2.45) is 0 Å². The van der Waals surface area contributed by atoms with Crippen LogP contribution in [0.15, 0.2) is 47.6 Å². The Bertz CT molecular complexity index is 1010. The molecule has 0 bridgehead atoms. The summed E-state index contributed by atoms with van der Waals surface area (Å²) in [5, 5.41) is 14.4. The molecule has 1 heterocycles. The second-order valence-electron chi connectivity index (χ2n) is 6.28. The lowest BCUT2D eigenvalue weighted by Gasteiger charge is -2.17. The number of benzene rings is 1. The van der Waals surface area contributed by atoms with E-state index in [0.29, 0.717) is 0 Å². The van der Waals surface area contributed by atoms with E-state index in [1.807, 2.05) is 12.2 Å². The first kappa shape index (κ1) is 20.1. The van der Waals surface area contributed by atoms with E-state index >= 15 is 0 Å². The third-order valence-electron chi connectivity index (χ3n) is 4.36. The van der Waals surface area contributed by atoms with Crippen molar-refractivity contribution in [2.75, 3.05) is 5.32 Å². The van der Waals surface area contributed by atoms with E-state index < -0.39 is 31.8 Å². The van der Waals surface area contributed by atoms with Gasteiger partial charge < -0.3 is 15.7 Å². The topological polar surface area (TPSA) is 121 Å². The lowest BCUT2D eigenvalue weighted by molar-refractivity contribution is 0.250. The van der Waals surface area contributed by atoms with Crippen LogP contribution in [0.2, 0.25) is 5.02 Å². The lowest BCUT2D eigenvalue weighted by Crippen LogP contribution is -2.35. The highest BCUT2D eigenvalue weighted by molar-refractivity contribution is 7.91. The molecule has 2 amide bonds. The zero-order chi connectivity index (χ0) is 20.3. The van der Waals surface area contributed by atoms with E-state index in [-0.39, 0.29) is 22.6 Å². The van der Waals surface area contributed by atoms with Crippen molar-refractivity contribution in [2.45, 2.75) is 36.0 Å². The van der Waals surface area contributed by atoms with Crippen molar-refractivity contribution in [1.82, 2.24) is 15.3 Å². The maximum atomic E-state index is 13.0. The number of nitrogens with one attached hydrogen (secondary N) is 2. The maximum Gasteiger partial charge on any atom is 0.319 e. The number of hydrogen-bond donors (Lipinski definition) is 3. The third-order valence-corrected chi connectivity index (χ3v) is 6.91. The SMILES string of the molecule is CC(c1ncccn1)S(=O)(=O)c1c(Cl)ccc(NC(=O)NC2C=CCC2)c1O. The van der Waals surface area contributed by atoms with Crippen molar-refractivity contribution >= 4 is 33.2 Å². The van der Waals surface area contributed by atoms with Crippen LogP contribution in [0.25, 0.3) is 0 Å². The van der Waals surface area contributed by atoms with Crippen LogP contribution in [-0.2, 0) is 9.84 Å². The molecule has 3 N–H and O–H groups in total. The summed E-state index contributed by atoms with van der Waals surface area (Å²) in [6.45, 7) is 1.40. The number of amides is 2. The van der Waals surface area contributed by atoms with E-state index in [4.69, 9.17) is 11.6 Å². The number of carbonyl (C=O) groups excluding carboxylic acids is 1. The molecule has 0 saturated carbocycles. The molecule has 0 aliphatic heterocycles. The van der Waals surface area contributed by atoms with E-state index in [1.165, 1.54) is 31.5 Å². The smallest absolute Gasteiger partial charge is 0.319 e. The number of allylic oxidation sites excluding steroid dienone is 1. The Balaban J connectivity index is 1.90. The number of phenols is 1. The molecule has 1 aliphatic carbocycles. The Labute approximate surface area is 167 Å². The van der Waals surface area contributed by atoms with Gasteiger partial charge in [-0.05, 0) is 38.0 Å². The summed E-state index contributed by atoms with van der Waals surface area (Å²) in [5.41, 5.74) is -0.0661. The number of rotatable bonds is 5. The first-order valence-electron chi connectivity index (χ1n) is 8.57. The Kier molecular flexibility index (Phi) is 5.85. The fourth-order valence-corrected chi connectivity index (χ4v) is 4.78. The van der Waals surface area contributed by atoms with Gasteiger partial charge in [-0.15, -0.1) is 0 Å². The van der Waals surface area contributed by atoms with Gasteiger partial charge in [-0.3, -0.25) is 0 Å². The standard InChI is InChI=1S/C18H19ClN4O4S/c1-11(17-20-9-4-10-21-17)28(26,27)16-13(19)7-8-14(15(16)24)23-18(25)22-12-5-2-3-6-12/h2,4-5,7-12,24H,3,6H2,1H3,(H2,22,23,25). The number of hydrogen-bond acceptors (Lipinski definition) is 6. The number of urea groups is 1. The summed E-state index contributed by atoms with van der Waals surface area (Å²) in [7, 11) is -4.12. The average molecular weight is 423 g/mol. The van der Waals surface area contributed by atoms with Crippen molar-refractivity contribution in [3.8, 4) is 5.75 Å². The van der Waals surface area contributed by atoms with Crippen LogP contribution in [0, 0.1) is 0 Å². The van der Waals surface area contributed by atoms with Gasteiger partial charge in [0, 0.05) is 18.4 Å². The summed E-state index contributed by atoms with van der Waals surface area (Å²) < 4.78 is 26.1. The second-order valence-corrected chi connectivity index (χ2v) is 8.89. The highest BCUT2D eigenvalue weighted by Crippen LogP contribution is 2.41. The maximum absolute atomic E-state index is 13.0. The van der Waals surface area contributed by atoms with Gasteiger partial charge >= 0.3 is 6.03 Å². The summed E-state index contributed by atoms with van der Waals surface area (Å²) in [6, 6.07) is 3.54. The molecule has 0 radical (unpaired) electrons. The van der Waals surface area contributed by atoms with Crippen LogP contribution >= 0.6 is 11.6 Å². The number of anilines is 1. The van der Waals surface area contributed by atoms with Gasteiger partial charge in [0.05, 0.1) is 10.7 Å². The van der Waals surface area contributed by atoms with Gasteiger partial charge in [-0.25, -0.2) is 23.2 Å². The average Bonchev–Trinajstić information content (AvgIpc) is 3.17. The molecule has 0 saturated heterocycles.